The molecule has 7 heteroatoms. The van der Waals surface area contributed by atoms with E-state index in [2.05, 4.69) is 15.0 Å². The van der Waals surface area contributed by atoms with Crippen LogP contribution in [0.25, 0.3) is 0 Å². The Kier molecular flexibility index (Phi) is 3.58. The first kappa shape index (κ1) is 14.5. The largest absolute Gasteiger partial charge is 0.326 e. The van der Waals surface area contributed by atoms with Crippen LogP contribution in [0.3, 0.4) is 0 Å². The summed E-state index contributed by atoms with van der Waals surface area (Å²) in [7, 11) is -3.70. The van der Waals surface area contributed by atoms with Crippen LogP contribution in [-0.2, 0) is 21.2 Å². The third-order valence-corrected chi connectivity index (χ3v) is 4.76. The predicted molar refractivity (Wildman–Crippen MR) is 83.2 cm³/mol. The maximum Gasteiger partial charge on any atom is 0.263 e. The molecule has 0 unspecified atom stereocenters. The predicted octanol–water partition coefficient (Wildman–Crippen LogP) is 2.08. The fourth-order valence-corrected chi connectivity index (χ4v) is 3.37. The van der Waals surface area contributed by atoms with Crippen molar-refractivity contribution in [1.29, 1.82) is 0 Å². The average molecular weight is 317 g/mol. The topological polar surface area (TPSA) is 88.2 Å². The van der Waals surface area contributed by atoms with Gasteiger partial charge in [0.2, 0.25) is 5.91 Å². The maximum absolute atomic E-state index is 12.4. The minimum atomic E-state index is -3.70. The van der Waals surface area contributed by atoms with E-state index < -0.39 is 10.0 Å². The van der Waals surface area contributed by atoms with Crippen LogP contribution in [-0.4, -0.2) is 19.3 Å². The molecule has 2 N–H and O–H groups in total. The molecule has 114 valence electrons. The zero-order valence-electron chi connectivity index (χ0n) is 12.0. The third-order valence-electron chi connectivity index (χ3n) is 3.41. The first-order valence-corrected chi connectivity index (χ1v) is 8.32. The monoisotopic (exact) mass is 317 g/mol. The van der Waals surface area contributed by atoms with E-state index in [0.29, 0.717) is 18.5 Å². The number of anilines is 2. The molecule has 2 heterocycles. The van der Waals surface area contributed by atoms with Crippen LogP contribution >= 0.6 is 0 Å². The Morgan fingerprint density at radius 2 is 2.00 bits per heavy atom. The smallest absolute Gasteiger partial charge is 0.263 e. The van der Waals surface area contributed by atoms with Gasteiger partial charge >= 0.3 is 0 Å². The molecule has 22 heavy (non-hydrogen) atoms. The van der Waals surface area contributed by atoms with Crippen LogP contribution in [0.2, 0.25) is 0 Å². The second kappa shape index (κ2) is 5.42. The number of pyridine rings is 1. The molecule has 6 nitrogen and oxygen atoms in total. The number of nitrogens with zero attached hydrogens (tertiary/aromatic N) is 1. The highest BCUT2D eigenvalue weighted by Crippen LogP contribution is 2.26. The standard InChI is InChI=1S/C15H15N3O3S/c1-10-3-2-4-14(16-10)18-22(20,21)12-6-7-13-11(9-12)5-8-15(19)17-13/h2-4,6-7,9H,5,8H2,1H3,(H,16,18)(H,17,19). The number of hydrogen-bond acceptors (Lipinski definition) is 4. The molecule has 0 aliphatic carbocycles. The van der Waals surface area contributed by atoms with Crippen molar-refractivity contribution in [1.82, 2.24) is 4.98 Å². The van der Waals surface area contributed by atoms with Crippen LogP contribution in [0, 0.1) is 6.92 Å². The fourth-order valence-electron chi connectivity index (χ4n) is 2.32. The van der Waals surface area contributed by atoms with E-state index in [1.807, 2.05) is 0 Å². The molecule has 2 aromatic rings. The number of nitrogens with one attached hydrogen (secondary N) is 2. The van der Waals surface area contributed by atoms with Gasteiger partial charge in [0.15, 0.2) is 0 Å². The lowest BCUT2D eigenvalue weighted by Gasteiger charge is -2.17. The number of amides is 1. The average Bonchev–Trinajstić information content (AvgIpc) is 2.46. The van der Waals surface area contributed by atoms with Gasteiger partial charge in [-0.1, -0.05) is 6.07 Å². The van der Waals surface area contributed by atoms with Crippen molar-refractivity contribution in [3.8, 4) is 0 Å². The quantitative estimate of drug-likeness (QED) is 0.907. The molecule has 1 aliphatic rings. The SMILES string of the molecule is Cc1cccc(NS(=O)(=O)c2ccc3c(c2)CCC(=O)N3)n1. The van der Waals surface area contributed by atoms with E-state index in [-0.39, 0.29) is 16.6 Å². The molecule has 1 aromatic carbocycles. The second-order valence-corrected chi connectivity index (χ2v) is 6.82. The number of benzene rings is 1. The number of carbonyl (C=O) groups is 1. The van der Waals surface area contributed by atoms with Gasteiger partial charge in [-0.15, -0.1) is 0 Å². The summed E-state index contributed by atoms with van der Waals surface area (Å²) in [5, 5.41) is 2.73. The van der Waals surface area contributed by atoms with Crippen molar-refractivity contribution in [2.24, 2.45) is 0 Å². The van der Waals surface area contributed by atoms with Crippen molar-refractivity contribution in [3.63, 3.8) is 0 Å². The summed E-state index contributed by atoms with van der Waals surface area (Å²) in [6, 6.07) is 9.81. The highest BCUT2D eigenvalue weighted by molar-refractivity contribution is 7.92. The molecule has 0 spiro atoms. The van der Waals surface area contributed by atoms with Crippen LogP contribution in [0.1, 0.15) is 17.7 Å². The molecule has 1 aromatic heterocycles. The first-order valence-electron chi connectivity index (χ1n) is 6.83. The van der Waals surface area contributed by atoms with Gasteiger partial charge in [-0.2, -0.15) is 0 Å². The van der Waals surface area contributed by atoms with Crippen LogP contribution in [0.15, 0.2) is 41.3 Å². The van der Waals surface area contributed by atoms with Gasteiger partial charge in [0.1, 0.15) is 5.82 Å². The third kappa shape index (κ3) is 2.94. The summed E-state index contributed by atoms with van der Waals surface area (Å²) in [6.45, 7) is 1.79. The molecular formula is C15H15N3O3S. The molecule has 1 amide bonds. The second-order valence-electron chi connectivity index (χ2n) is 5.14. The fraction of sp³-hybridized carbons (Fsp3) is 0.200. The lowest BCUT2D eigenvalue weighted by molar-refractivity contribution is -0.116. The van der Waals surface area contributed by atoms with E-state index in [4.69, 9.17) is 0 Å². The van der Waals surface area contributed by atoms with Gasteiger partial charge in [-0.3, -0.25) is 9.52 Å². The number of carbonyl (C=O) groups excluding carboxylic acids is 1. The Morgan fingerprint density at radius 3 is 2.77 bits per heavy atom. The molecule has 3 rings (SSSR count). The van der Waals surface area contributed by atoms with E-state index in [1.165, 1.54) is 6.07 Å². The summed E-state index contributed by atoms with van der Waals surface area (Å²) < 4.78 is 27.3. The molecular weight excluding hydrogens is 302 g/mol. The van der Waals surface area contributed by atoms with E-state index in [9.17, 15) is 13.2 Å². The van der Waals surface area contributed by atoms with Crippen molar-refractivity contribution in [2.75, 3.05) is 10.0 Å². The highest BCUT2D eigenvalue weighted by atomic mass is 32.2. The van der Waals surface area contributed by atoms with Gasteiger partial charge in [0, 0.05) is 17.8 Å². The highest BCUT2D eigenvalue weighted by Gasteiger charge is 2.20. The molecule has 0 fully saturated rings. The molecule has 0 saturated heterocycles. The van der Waals surface area contributed by atoms with Crippen LogP contribution < -0.4 is 10.0 Å². The van der Waals surface area contributed by atoms with Crippen LogP contribution in [0.4, 0.5) is 11.5 Å². The lowest BCUT2D eigenvalue weighted by Crippen LogP contribution is -2.20. The zero-order valence-corrected chi connectivity index (χ0v) is 12.8. The number of rotatable bonds is 3. The summed E-state index contributed by atoms with van der Waals surface area (Å²) in [6.07, 6.45) is 0.899. The molecule has 0 bridgehead atoms. The molecule has 0 saturated carbocycles. The summed E-state index contributed by atoms with van der Waals surface area (Å²) in [5.74, 6) is 0.233. The Morgan fingerprint density at radius 1 is 1.18 bits per heavy atom. The Balaban J connectivity index is 1.91. The zero-order chi connectivity index (χ0) is 15.7. The number of hydrogen-bond donors (Lipinski definition) is 2. The number of fused-ring (bicyclic) bond motifs is 1. The lowest BCUT2D eigenvalue weighted by atomic mass is 10.0. The van der Waals surface area contributed by atoms with Crippen molar-refractivity contribution in [2.45, 2.75) is 24.7 Å². The summed E-state index contributed by atoms with van der Waals surface area (Å²) >= 11 is 0. The van der Waals surface area contributed by atoms with Crippen molar-refractivity contribution < 1.29 is 13.2 Å². The summed E-state index contributed by atoms with van der Waals surface area (Å²) in [5.41, 5.74) is 2.22. The molecule has 0 atom stereocenters. The van der Waals surface area contributed by atoms with Gasteiger partial charge in [-0.05, 0) is 49.2 Å². The Bertz CT molecular complexity index is 847. The molecule has 0 radical (unpaired) electrons. The maximum atomic E-state index is 12.4. The van der Waals surface area contributed by atoms with Crippen LogP contribution in [0.5, 0.6) is 0 Å². The molecule has 1 aliphatic heterocycles. The van der Waals surface area contributed by atoms with Gasteiger partial charge < -0.3 is 5.32 Å². The number of aryl methyl sites for hydroxylation is 2. The minimum Gasteiger partial charge on any atom is -0.326 e. The van der Waals surface area contributed by atoms with E-state index in [1.54, 1.807) is 37.3 Å². The minimum absolute atomic E-state index is 0.0507. The Labute approximate surface area is 128 Å². The van der Waals surface area contributed by atoms with Gasteiger partial charge in [0.05, 0.1) is 4.90 Å². The Hall–Kier alpha value is -2.41. The van der Waals surface area contributed by atoms with Gasteiger partial charge in [-0.25, -0.2) is 13.4 Å². The van der Waals surface area contributed by atoms with Gasteiger partial charge in [0.25, 0.3) is 10.0 Å². The van der Waals surface area contributed by atoms with E-state index >= 15 is 0 Å². The first-order chi connectivity index (χ1) is 10.4. The number of aromatic nitrogens is 1. The van der Waals surface area contributed by atoms with E-state index in [0.717, 1.165) is 11.3 Å². The van der Waals surface area contributed by atoms with Crippen molar-refractivity contribution >= 4 is 27.4 Å². The normalized spacial score (nSPS) is 14.1. The number of sulfonamides is 1. The summed E-state index contributed by atoms with van der Waals surface area (Å²) in [4.78, 5) is 15.6. The van der Waals surface area contributed by atoms with Crippen molar-refractivity contribution in [3.05, 3.63) is 47.7 Å².